The van der Waals surface area contributed by atoms with Crippen molar-refractivity contribution in [1.29, 1.82) is 0 Å². The van der Waals surface area contributed by atoms with E-state index in [1.54, 1.807) is 24.5 Å². The third kappa shape index (κ3) is 2.48. The van der Waals surface area contributed by atoms with Crippen molar-refractivity contribution in [3.8, 4) is 17.1 Å². The number of carbonyl (C=O) groups is 1. The number of aromatic carboxylic acids is 1. The molecule has 0 aromatic carbocycles. The van der Waals surface area contributed by atoms with Crippen LogP contribution >= 0.6 is 0 Å². The van der Waals surface area contributed by atoms with E-state index in [4.69, 9.17) is 0 Å². The Balaban J connectivity index is 2.14. The third-order valence-electron chi connectivity index (χ3n) is 2.84. The zero-order valence-corrected chi connectivity index (χ0v) is 10.6. The van der Waals surface area contributed by atoms with Gasteiger partial charge in [0, 0.05) is 18.6 Å². The number of hydrogen-bond donors (Lipinski definition) is 1. The highest BCUT2D eigenvalue weighted by Crippen LogP contribution is 2.22. The van der Waals surface area contributed by atoms with Gasteiger partial charge in [-0.05, 0) is 24.3 Å². The van der Waals surface area contributed by atoms with Crippen LogP contribution in [0.1, 0.15) is 10.4 Å². The first-order valence-electron chi connectivity index (χ1n) is 6.00. The van der Waals surface area contributed by atoms with Gasteiger partial charge in [-0.15, -0.1) is 0 Å². The number of carboxylic acid groups (broad SMARTS) is 1. The summed E-state index contributed by atoms with van der Waals surface area (Å²) in [5.41, 5.74) is 1.13. The smallest absolute Gasteiger partial charge is 0.339 e. The molecule has 0 saturated heterocycles. The number of aromatic nitrogens is 4. The molecular formula is C14H9FN4O2. The van der Waals surface area contributed by atoms with E-state index in [0.717, 1.165) is 6.20 Å². The van der Waals surface area contributed by atoms with E-state index in [1.807, 2.05) is 0 Å². The first-order chi connectivity index (χ1) is 10.1. The van der Waals surface area contributed by atoms with Crippen molar-refractivity contribution in [2.45, 2.75) is 0 Å². The Labute approximate surface area is 118 Å². The molecule has 0 amide bonds. The molecule has 3 aromatic heterocycles. The fraction of sp³-hybridized carbons (Fsp3) is 0. The largest absolute Gasteiger partial charge is 0.478 e. The van der Waals surface area contributed by atoms with Gasteiger partial charge in [-0.25, -0.2) is 13.9 Å². The summed E-state index contributed by atoms with van der Waals surface area (Å²) in [5.74, 6) is -1.62. The lowest BCUT2D eigenvalue weighted by Gasteiger charge is -1.99. The fourth-order valence-electron chi connectivity index (χ4n) is 1.86. The minimum atomic E-state index is -1.13. The summed E-state index contributed by atoms with van der Waals surface area (Å²) in [4.78, 5) is 19.1. The maximum atomic E-state index is 12.9. The van der Waals surface area contributed by atoms with Crippen molar-refractivity contribution in [2.75, 3.05) is 0 Å². The van der Waals surface area contributed by atoms with Gasteiger partial charge in [-0.3, -0.25) is 9.97 Å². The summed E-state index contributed by atoms with van der Waals surface area (Å²) in [7, 11) is 0. The lowest BCUT2D eigenvalue weighted by molar-refractivity contribution is 0.0697. The Kier molecular flexibility index (Phi) is 3.15. The molecule has 0 radical (unpaired) electrons. The van der Waals surface area contributed by atoms with Gasteiger partial charge in [0.25, 0.3) is 0 Å². The molecule has 0 atom stereocenters. The first kappa shape index (κ1) is 12.9. The van der Waals surface area contributed by atoms with Crippen LogP contribution in [-0.2, 0) is 0 Å². The minimum Gasteiger partial charge on any atom is -0.478 e. The first-order valence-corrected chi connectivity index (χ1v) is 6.00. The fourth-order valence-corrected chi connectivity index (χ4v) is 1.86. The van der Waals surface area contributed by atoms with Crippen LogP contribution in [0.25, 0.3) is 17.1 Å². The highest BCUT2D eigenvalue weighted by molar-refractivity contribution is 5.94. The molecule has 0 aliphatic carbocycles. The van der Waals surface area contributed by atoms with E-state index >= 15 is 0 Å². The van der Waals surface area contributed by atoms with Crippen LogP contribution in [0.15, 0.2) is 49.1 Å². The van der Waals surface area contributed by atoms with Crippen molar-refractivity contribution in [3.63, 3.8) is 0 Å². The SMILES string of the molecule is O=C(O)c1cn(-c2ccncc2)nc1-c1ccc(F)cn1. The van der Waals surface area contributed by atoms with Gasteiger partial charge in [-0.1, -0.05) is 0 Å². The molecule has 0 spiro atoms. The Morgan fingerprint density at radius 1 is 1.19 bits per heavy atom. The minimum absolute atomic E-state index is 0.00841. The molecule has 0 fully saturated rings. The van der Waals surface area contributed by atoms with E-state index in [2.05, 4.69) is 15.1 Å². The van der Waals surface area contributed by atoms with E-state index in [0.29, 0.717) is 11.4 Å². The average Bonchev–Trinajstić information content (AvgIpc) is 2.94. The van der Waals surface area contributed by atoms with Crippen LogP contribution < -0.4 is 0 Å². The second-order valence-corrected chi connectivity index (χ2v) is 4.21. The molecule has 0 unspecified atom stereocenters. The molecule has 21 heavy (non-hydrogen) atoms. The van der Waals surface area contributed by atoms with Gasteiger partial charge >= 0.3 is 5.97 Å². The molecule has 3 rings (SSSR count). The molecule has 6 nitrogen and oxygen atoms in total. The van der Waals surface area contributed by atoms with Crippen LogP contribution in [0.2, 0.25) is 0 Å². The molecule has 7 heteroatoms. The number of nitrogens with zero attached hydrogens (tertiary/aromatic N) is 4. The second kappa shape index (κ2) is 5.12. The molecule has 3 aromatic rings. The lowest BCUT2D eigenvalue weighted by Crippen LogP contribution is -1.97. The predicted octanol–water partition coefficient (Wildman–Crippen LogP) is 2.17. The van der Waals surface area contributed by atoms with Gasteiger partial charge < -0.3 is 5.11 Å². The quantitative estimate of drug-likeness (QED) is 0.797. The zero-order chi connectivity index (χ0) is 14.8. The van der Waals surface area contributed by atoms with Crippen LogP contribution in [0.4, 0.5) is 4.39 Å². The number of rotatable bonds is 3. The van der Waals surface area contributed by atoms with Crippen LogP contribution in [0.5, 0.6) is 0 Å². The summed E-state index contributed by atoms with van der Waals surface area (Å²) < 4.78 is 14.3. The molecule has 0 bridgehead atoms. The molecule has 3 heterocycles. The zero-order valence-electron chi connectivity index (χ0n) is 10.6. The summed E-state index contributed by atoms with van der Waals surface area (Å²) in [5, 5.41) is 13.5. The van der Waals surface area contributed by atoms with Gasteiger partial charge in [0.15, 0.2) is 0 Å². The standard InChI is InChI=1S/C14H9FN4O2/c15-9-1-2-12(17-7-9)13-11(14(20)21)8-19(18-13)10-3-5-16-6-4-10/h1-8H,(H,20,21). The monoisotopic (exact) mass is 284 g/mol. The lowest BCUT2D eigenvalue weighted by atomic mass is 10.2. The number of pyridine rings is 2. The van der Waals surface area contributed by atoms with Crippen molar-refractivity contribution < 1.29 is 14.3 Å². The molecule has 1 N–H and O–H groups in total. The van der Waals surface area contributed by atoms with Crippen LogP contribution in [0, 0.1) is 5.82 Å². The van der Waals surface area contributed by atoms with Gasteiger partial charge in [-0.2, -0.15) is 5.10 Å². The maximum Gasteiger partial charge on any atom is 0.339 e. The normalized spacial score (nSPS) is 10.5. The Morgan fingerprint density at radius 3 is 2.57 bits per heavy atom. The van der Waals surface area contributed by atoms with E-state index < -0.39 is 11.8 Å². The van der Waals surface area contributed by atoms with E-state index in [9.17, 15) is 14.3 Å². The molecule has 104 valence electrons. The van der Waals surface area contributed by atoms with Gasteiger partial charge in [0.1, 0.15) is 17.1 Å². The summed E-state index contributed by atoms with van der Waals surface area (Å²) >= 11 is 0. The molecule has 0 aliphatic heterocycles. The highest BCUT2D eigenvalue weighted by Gasteiger charge is 2.18. The Morgan fingerprint density at radius 2 is 1.95 bits per heavy atom. The van der Waals surface area contributed by atoms with Gasteiger partial charge in [0.2, 0.25) is 0 Å². The van der Waals surface area contributed by atoms with E-state index in [1.165, 1.54) is 23.0 Å². The summed E-state index contributed by atoms with van der Waals surface area (Å²) in [6.45, 7) is 0. The summed E-state index contributed by atoms with van der Waals surface area (Å²) in [6.07, 6.45) is 5.56. The second-order valence-electron chi connectivity index (χ2n) is 4.21. The van der Waals surface area contributed by atoms with Crippen molar-refractivity contribution >= 4 is 5.97 Å². The average molecular weight is 284 g/mol. The van der Waals surface area contributed by atoms with Crippen LogP contribution in [0.3, 0.4) is 0 Å². The molecule has 0 saturated carbocycles. The highest BCUT2D eigenvalue weighted by atomic mass is 19.1. The van der Waals surface area contributed by atoms with Crippen molar-refractivity contribution in [1.82, 2.24) is 19.7 Å². The number of hydrogen-bond acceptors (Lipinski definition) is 4. The maximum absolute atomic E-state index is 12.9. The van der Waals surface area contributed by atoms with Crippen molar-refractivity contribution in [2.24, 2.45) is 0 Å². The Hall–Kier alpha value is -3.09. The number of carboxylic acids is 1. The van der Waals surface area contributed by atoms with Crippen LogP contribution in [-0.4, -0.2) is 30.8 Å². The van der Waals surface area contributed by atoms with Crippen molar-refractivity contribution in [3.05, 3.63) is 60.4 Å². The molecule has 0 aliphatic rings. The summed E-state index contributed by atoms with van der Waals surface area (Å²) in [6, 6.07) is 5.99. The molecular weight excluding hydrogens is 275 g/mol. The number of halogens is 1. The Bertz CT molecular complexity index is 784. The predicted molar refractivity (Wildman–Crippen MR) is 71.5 cm³/mol. The van der Waals surface area contributed by atoms with E-state index in [-0.39, 0.29) is 11.3 Å². The topological polar surface area (TPSA) is 80.9 Å². The van der Waals surface area contributed by atoms with Gasteiger partial charge in [0.05, 0.1) is 17.6 Å². The third-order valence-corrected chi connectivity index (χ3v) is 2.84.